The maximum absolute atomic E-state index is 14.3. The standard InChI is InChI=1S/C26H21FN4O2S/c1-19(32)30(24-15-9-8-14-23(24)27)26-28-20(18-34-26)16-17-25(33)29-31(21-10-4-2-5-11-21)22-12-6-3-7-13-22/h2-18H,1H3,(H,29,33)/b17-16+. The van der Waals surface area contributed by atoms with Gasteiger partial charge in [0.1, 0.15) is 5.82 Å². The zero-order valence-electron chi connectivity index (χ0n) is 18.3. The maximum atomic E-state index is 14.3. The molecule has 0 aliphatic heterocycles. The van der Waals surface area contributed by atoms with Crippen LogP contribution < -0.4 is 15.3 Å². The number of rotatable bonds is 7. The van der Waals surface area contributed by atoms with Gasteiger partial charge < -0.3 is 0 Å². The molecule has 0 bridgehead atoms. The highest BCUT2D eigenvalue weighted by Crippen LogP contribution is 2.31. The summed E-state index contributed by atoms with van der Waals surface area (Å²) in [7, 11) is 0. The summed E-state index contributed by atoms with van der Waals surface area (Å²) in [6.07, 6.45) is 2.90. The summed E-state index contributed by atoms with van der Waals surface area (Å²) in [5, 5.41) is 3.70. The minimum atomic E-state index is -0.522. The molecule has 0 saturated heterocycles. The van der Waals surface area contributed by atoms with Gasteiger partial charge in [0.15, 0.2) is 5.13 Å². The lowest BCUT2D eigenvalue weighted by atomic mass is 10.2. The van der Waals surface area contributed by atoms with E-state index >= 15 is 0 Å². The van der Waals surface area contributed by atoms with Crippen molar-refractivity contribution in [2.24, 2.45) is 0 Å². The van der Waals surface area contributed by atoms with Gasteiger partial charge in [0, 0.05) is 18.4 Å². The molecule has 0 radical (unpaired) electrons. The van der Waals surface area contributed by atoms with Crippen molar-refractivity contribution in [3.63, 3.8) is 0 Å². The second-order valence-electron chi connectivity index (χ2n) is 7.18. The minimum absolute atomic E-state index is 0.124. The largest absolute Gasteiger partial charge is 0.274 e. The Morgan fingerprint density at radius 1 is 0.912 bits per heavy atom. The number of nitrogens with one attached hydrogen (secondary N) is 1. The number of nitrogens with zero attached hydrogens (tertiary/aromatic N) is 3. The number of aromatic nitrogens is 1. The van der Waals surface area contributed by atoms with E-state index in [4.69, 9.17) is 0 Å². The Hall–Kier alpha value is -4.30. The number of hydrogen-bond donors (Lipinski definition) is 1. The zero-order valence-corrected chi connectivity index (χ0v) is 19.1. The molecule has 1 heterocycles. The lowest BCUT2D eigenvalue weighted by Crippen LogP contribution is -2.37. The average Bonchev–Trinajstić information content (AvgIpc) is 3.32. The normalized spacial score (nSPS) is 10.8. The number of para-hydroxylation sites is 3. The second kappa shape index (κ2) is 10.5. The lowest BCUT2D eigenvalue weighted by molar-refractivity contribution is -0.117. The smallest absolute Gasteiger partial charge is 0.262 e. The Morgan fingerprint density at radius 3 is 2.09 bits per heavy atom. The van der Waals surface area contributed by atoms with E-state index in [0.29, 0.717) is 10.8 Å². The maximum Gasteiger partial charge on any atom is 0.262 e. The van der Waals surface area contributed by atoms with Crippen LogP contribution in [0.1, 0.15) is 12.6 Å². The predicted molar refractivity (Wildman–Crippen MR) is 134 cm³/mol. The van der Waals surface area contributed by atoms with Crippen molar-refractivity contribution in [1.29, 1.82) is 0 Å². The van der Waals surface area contributed by atoms with Gasteiger partial charge in [0.25, 0.3) is 5.91 Å². The first kappa shape index (κ1) is 22.9. The number of amides is 2. The molecule has 3 aromatic carbocycles. The molecule has 4 aromatic rings. The van der Waals surface area contributed by atoms with Crippen LogP contribution in [0.5, 0.6) is 0 Å². The van der Waals surface area contributed by atoms with Crippen molar-refractivity contribution in [3.8, 4) is 0 Å². The predicted octanol–water partition coefficient (Wildman–Crippen LogP) is 5.85. The van der Waals surface area contributed by atoms with Gasteiger partial charge in [-0.15, -0.1) is 11.3 Å². The van der Waals surface area contributed by atoms with E-state index in [0.717, 1.165) is 11.4 Å². The molecule has 0 aliphatic carbocycles. The van der Waals surface area contributed by atoms with Crippen molar-refractivity contribution < 1.29 is 14.0 Å². The SMILES string of the molecule is CC(=O)N(c1nc(/C=C/C(=O)NN(c2ccccc2)c2ccccc2)cs1)c1ccccc1F. The molecule has 170 valence electrons. The Balaban J connectivity index is 1.52. The molecule has 0 spiro atoms. The number of benzene rings is 3. The van der Waals surface area contributed by atoms with E-state index in [1.165, 1.54) is 41.4 Å². The topological polar surface area (TPSA) is 65.5 Å². The van der Waals surface area contributed by atoms with Crippen LogP contribution in [-0.4, -0.2) is 16.8 Å². The molecule has 8 heteroatoms. The fourth-order valence-electron chi connectivity index (χ4n) is 3.24. The Kier molecular flexibility index (Phi) is 7.10. The summed E-state index contributed by atoms with van der Waals surface area (Å²) in [5.41, 5.74) is 5.07. The third kappa shape index (κ3) is 5.36. The van der Waals surface area contributed by atoms with Crippen molar-refractivity contribution in [1.82, 2.24) is 10.4 Å². The molecule has 4 rings (SSSR count). The second-order valence-corrected chi connectivity index (χ2v) is 8.01. The summed E-state index contributed by atoms with van der Waals surface area (Å²) in [5.74, 6) is -1.25. The first-order chi connectivity index (χ1) is 16.5. The summed E-state index contributed by atoms with van der Waals surface area (Å²) in [6.45, 7) is 1.35. The van der Waals surface area contributed by atoms with E-state index in [9.17, 15) is 14.0 Å². The fourth-order valence-corrected chi connectivity index (χ4v) is 4.08. The van der Waals surface area contributed by atoms with E-state index < -0.39 is 5.82 Å². The van der Waals surface area contributed by atoms with E-state index in [1.807, 2.05) is 60.7 Å². The molecular weight excluding hydrogens is 451 g/mol. The van der Waals surface area contributed by atoms with Crippen LogP contribution in [0.2, 0.25) is 0 Å². The summed E-state index contributed by atoms with van der Waals surface area (Å²) in [6, 6.07) is 24.9. The van der Waals surface area contributed by atoms with Crippen LogP contribution in [0.3, 0.4) is 0 Å². The van der Waals surface area contributed by atoms with Crippen molar-refractivity contribution in [2.45, 2.75) is 6.92 Å². The molecule has 1 N–H and O–H groups in total. The monoisotopic (exact) mass is 472 g/mol. The Labute approximate surface area is 200 Å². The number of halogens is 1. The van der Waals surface area contributed by atoms with Gasteiger partial charge >= 0.3 is 0 Å². The van der Waals surface area contributed by atoms with Gasteiger partial charge in [-0.05, 0) is 42.5 Å². The Morgan fingerprint density at radius 2 is 1.50 bits per heavy atom. The van der Waals surface area contributed by atoms with Crippen molar-refractivity contribution >= 4 is 51.4 Å². The van der Waals surface area contributed by atoms with E-state index in [1.54, 1.807) is 28.6 Å². The van der Waals surface area contributed by atoms with Crippen LogP contribution in [0.4, 0.5) is 26.6 Å². The molecule has 0 saturated carbocycles. The van der Waals surface area contributed by atoms with Crippen LogP contribution >= 0.6 is 11.3 Å². The lowest BCUT2D eigenvalue weighted by Gasteiger charge is -2.24. The van der Waals surface area contributed by atoms with Gasteiger partial charge in [0.05, 0.1) is 22.8 Å². The molecule has 34 heavy (non-hydrogen) atoms. The number of hydrazine groups is 1. The third-order valence-corrected chi connectivity index (χ3v) is 5.61. The molecule has 6 nitrogen and oxygen atoms in total. The molecule has 0 fully saturated rings. The molecule has 0 unspecified atom stereocenters. The van der Waals surface area contributed by atoms with Crippen molar-refractivity contribution in [2.75, 3.05) is 9.91 Å². The molecule has 0 aliphatic rings. The van der Waals surface area contributed by atoms with E-state index in [2.05, 4.69) is 10.4 Å². The molecule has 1 aromatic heterocycles. The highest BCUT2D eigenvalue weighted by molar-refractivity contribution is 7.14. The van der Waals surface area contributed by atoms with E-state index in [-0.39, 0.29) is 17.5 Å². The summed E-state index contributed by atoms with van der Waals surface area (Å²) < 4.78 is 14.3. The first-order valence-electron chi connectivity index (χ1n) is 10.4. The van der Waals surface area contributed by atoms with Crippen LogP contribution in [-0.2, 0) is 9.59 Å². The Bertz CT molecular complexity index is 1270. The van der Waals surface area contributed by atoms with Gasteiger partial charge in [-0.25, -0.2) is 9.37 Å². The number of carbonyl (C=O) groups excluding carboxylic acids is 2. The summed E-state index contributed by atoms with van der Waals surface area (Å²) >= 11 is 1.18. The zero-order chi connectivity index (χ0) is 23.9. The number of carbonyl (C=O) groups is 2. The van der Waals surface area contributed by atoms with Crippen LogP contribution in [0.25, 0.3) is 6.08 Å². The fraction of sp³-hybridized carbons (Fsp3) is 0.0385. The minimum Gasteiger partial charge on any atom is -0.274 e. The molecule has 2 amide bonds. The average molecular weight is 473 g/mol. The van der Waals surface area contributed by atoms with Crippen LogP contribution in [0, 0.1) is 5.82 Å². The van der Waals surface area contributed by atoms with Gasteiger partial charge in [-0.1, -0.05) is 48.5 Å². The van der Waals surface area contributed by atoms with Gasteiger partial charge in [0.2, 0.25) is 5.91 Å². The summed E-state index contributed by atoms with van der Waals surface area (Å²) in [4.78, 5) is 30.5. The quantitative estimate of drug-likeness (QED) is 0.271. The number of hydrogen-bond acceptors (Lipinski definition) is 5. The highest BCUT2D eigenvalue weighted by atomic mass is 32.1. The van der Waals surface area contributed by atoms with Crippen molar-refractivity contribution in [3.05, 3.63) is 108 Å². The highest BCUT2D eigenvalue weighted by Gasteiger charge is 2.20. The molecular formula is C26H21FN4O2S. The molecule has 0 atom stereocenters. The first-order valence-corrected chi connectivity index (χ1v) is 11.3. The number of thiazole rings is 1. The van der Waals surface area contributed by atoms with Gasteiger partial charge in [-0.3, -0.25) is 24.9 Å². The van der Waals surface area contributed by atoms with Gasteiger partial charge in [-0.2, -0.15) is 0 Å². The van der Waals surface area contributed by atoms with Crippen LogP contribution in [0.15, 0.2) is 96.4 Å². The third-order valence-electron chi connectivity index (χ3n) is 4.77. The number of anilines is 4.